The van der Waals surface area contributed by atoms with E-state index in [9.17, 15) is 0 Å². The summed E-state index contributed by atoms with van der Waals surface area (Å²) in [6.07, 6.45) is 2.31. The van der Waals surface area contributed by atoms with Gasteiger partial charge in [-0.05, 0) is 0 Å². The molecular formula is C17H19N4Tl. The molecule has 0 atom stereocenters. The summed E-state index contributed by atoms with van der Waals surface area (Å²) < 4.78 is 5.00. The minimum absolute atomic E-state index is 0.175. The van der Waals surface area contributed by atoms with E-state index in [0.717, 1.165) is 17.8 Å². The monoisotopic (exact) mass is 484 g/mol. The summed E-state index contributed by atoms with van der Waals surface area (Å²) >= 11 is -0.784. The van der Waals surface area contributed by atoms with Crippen molar-refractivity contribution in [2.45, 2.75) is 32.1 Å². The summed E-state index contributed by atoms with van der Waals surface area (Å²) in [5.41, 5.74) is 8.21. The van der Waals surface area contributed by atoms with Gasteiger partial charge in [0.1, 0.15) is 0 Å². The van der Waals surface area contributed by atoms with Gasteiger partial charge >= 0.3 is 143 Å². The summed E-state index contributed by atoms with van der Waals surface area (Å²) in [4.78, 5) is 13.5. The van der Waals surface area contributed by atoms with Gasteiger partial charge in [0.05, 0.1) is 0 Å². The van der Waals surface area contributed by atoms with Gasteiger partial charge in [-0.2, -0.15) is 0 Å². The molecule has 1 aliphatic rings. The molecular weight excluding hydrogens is 465 g/mol. The fraction of sp³-hybridized carbons (Fsp3) is 0.294. The maximum absolute atomic E-state index is 5.95. The van der Waals surface area contributed by atoms with Crippen LogP contribution in [0.1, 0.15) is 32.5 Å². The third-order valence-corrected chi connectivity index (χ3v) is 8.73. The topological polar surface area (TPSA) is 64.7 Å². The first-order valence-electron chi connectivity index (χ1n) is 7.51. The van der Waals surface area contributed by atoms with E-state index >= 15 is 0 Å². The number of benzene rings is 1. The number of nitrogens with two attached hydrogens (primary N) is 1. The van der Waals surface area contributed by atoms with Crippen LogP contribution in [0.4, 0.5) is 5.95 Å². The number of nitrogens with zero attached hydrogens (tertiary/aromatic N) is 3. The molecule has 0 radical (unpaired) electrons. The molecule has 0 saturated heterocycles. The van der Waals surface area contributed by atoms with Crippen LogP contribution in [-0.2, 0) is 5.41 Å². The van der Waals surface area contributed by atoms with Crippen molar-refractivity contribution in [2.75, 3.05) is 5.73 Å². The van der Waals surface area contributed by atoms with Crippen LogP contribution in [0, 0.1) is 0 Å². The van der Waals surface area contributed by atoms with Crippen LogP contribution in [0.3, 0.4) is 0 Å². The van der Waals surface area contributed by atoms with Crippen LogP contribution in [0.2, 0.25) is 0 Å². The second-order valence-electron chi connectivity index (χ2n) is 5.99. The van der Waals surface area contributed by atoms with Gasteiger partial charge in [-0.25, -0.2) is 0 Å². The number of hydrogen-bond acceptors (Lipinski definition) is 4. The first-order valence-corrected chi connectivity index (χ1v) is 12.7. The molecule has 0 aliphatic carbocycles. The average molecular weight is 484 g/mol. The van der Waals surface area contributed by atoms with E-state index in [0.29, 0.717) is 11.8 Å². The number of anilines is 1. The molecule has 1 aromatic heterocycles. The van der Waals surface area contributed by atoms with E-state index in [1.54, 1.807) is 0 Å². The Bertz CT molecular complexity index is 736. The fourth-order valence-corrected chi connectivity index (χ4v) is 7.75. The Morgan fingerprint density at radius 2 is 1.86 bits per heavy atom. The van der Waals surface area contributed by atoms with E-state index < -0.39 is 23.7 Å². The summed E-state index contributed by atoms with van der Waals surface area (Å²) in [5, 5.41) is 0. The predicted molar refractivity (Wildman–Crippen MR) is 91.8 cm³/mol. The van der Waals surface area contributed by atoms with Crippen molar-refractivity contribution in [3.05, 3.63) is 45.4 Å². The number of aromatic nitrogens is 3. The molecule has 110 valence electrons. The van der Waals surface area contributed by atoms with Gasteiger partial charge in [0.25, 0.3) is 0 Å². The zero-order valence-electron chi connectivity index (χ0n) is 13.0. The number of allylic oxidation sites excluding steroid dienone is 1. The number of hydrogen-bond donors (Lipinski definition) is 1. The van der Waals surface area contributed by atoms with Crippen molar-refractivity contribution in [3.8, 4) is 11.4 Å². The molecule has 1 aromatic carbocycles. The van der Waals surface area contributed by atoms with Gasteiger partial charge in [0.2, 0.25) is 0 Å². The molecule has 2 aromatic rings. The molecule has 3 rings (SSSR count). The number of rotatable bonds is 3. The van der Waals surface area contributed by atoms with E-state index in [1.807, 2.05) is 30.3 Å². The van der Waals surface area contributed by atoms with Gasteiger partial charge in [-0.15, -0.1) is 0 Å². The zero-order chi connectivity index (χ0) is 15.6. The normalized spacial score (nSPS) is 14.4. The van der Waals surface area contributed by atoms with Gasteiger partial charge in [0.15, 0.2) is 0 Å². The summed E-state index contributed by atoms with van der Waals surface area (Å²) in [5.74, 6) is 1.73. The summed E-state index contributed by atoms with van der Waals surface area (Å²) in [7, 11) is 0. The second kappa shape index (κ2) is 6.36. The third kappa shape index (κ3) is 3.16. The SMILES string of the molecule is CC(C)(C1=[CH][Tl]=[CH]CC1)c1nc(N)nc(-c2ccccc2)n1. The van der Waals surface area contributed by atoms with Gasteiger partial charge < -0.3 is 0 Å². The first-order chi connectivity index (χ1) is 10.6. The van der Waals surface area contributed by atoms with E-state index in [4.69, 9.17) is 10.7 Å². The van der Waals surface area contributed by atoms with Crippen LogP contribution in [-0.4, -0.2) is 42.3 Å². The van der Waals surface area contributed by atoms with Crippen LogP contribution in [0.25, 0.3) is 11.4 Å². The zero-order valence-corrected chi connectivity index (χ0v) is 17.4. The molecule has 1 aliphatic heterocycles. The summed E-state index contributed by atoms with van der Waals surface area (Å²) in [6, 6.07) is 9.94. The third-order valence-electron chi connectivity index (χ3n) is 4.06. The Kier molecular flexibility index (Phi) is 4.47. The molecule has 0 fully saturated rings. The van der Waals surface area contributed by atoms with Crippen molar-refractivity contribution < 1.29 is 0 Å². The molecule has 5 heteroatoms. The van der Waals surface area contributed by atoms with Crippen LogP contribution in [0.5, 0.6) is 0 Å². The van der Waals surface area contributed by atoms with Gasteiger partial charge in [-0.3, -0.25) is 0 Å². The van der Waals surface area contributed by atoms with Crippen molar-refractivity contribution in [1.29, 1.82) is 0 Å². The molecule has 2 heterocycles. The Morgan fingerprint density at radius 3 is 2.55 bits per heavy atom. The predicted octanol–water partition coefficient (Wildman–Crippen LogP) is 2.58. The van der Waals surface area contributed by atoms with E-state index in [1.165, 1.54) is 12.0 Å². The van der Waals surface area contributed by atoms with Crippen molar-refractivity contribution >= 4 is 33.3 Å². The van der Waals surface area contributed by atoms with Gasteiger partial charge in [0, 0.05) is 0 Å². The maximum atomic E-state index is 5.95. The quantitative estimate of drug-likeness (QED) is 0.682. The molecule has 0 saturated carbocycles. The first kappa shape index (κ1) is 15.5. The molecule has 2 N–H and O–H groups in total. The second-order valence-corrected chi connectivity index (χ2v) is 10.6. The van der Waals surface area contributed by atoms with E-state index in [2.05, 4.69) is 31.0 Å². The van der Waals surface area contributed by atoms with Crippen molar-refractivity contribution in [2.24, 2.45) is 0 Å². The van der Waals surface area contributed by atoms with Gasteiger partial charge in [-0.1, -0.05) is 0 Å². The molecule has 4 nitrogen and oxygen atoms in total. The Balaban J connectivity index is 2.06. The number of nitrogen functional groups attached to an aromatic ring is 1. The Labute approximate surface area is 142 Å². The van der Waals surface area contributed by atoms with E-state index in [-0.39, 0.29) is 5.41 Å². The van der Waals surface area contributed by atoms with Crippen LogP contribution < -0.4 is 5.73 Å². The fourth-order valence-electron chi connectivity index (χ4n) is 2.66. The average Bonchev–Trinajstić information content (AvgIpc) is 2.56. The molecule has 0 bridgehead atoms. The van der Waals surface area contributed by atoms with Crippen molar-refractivity contribution in [1.82, 2.24) is 15.0 Å². The Morgan fingerprint density at radius 1 is 1.09 bits per heavy atom. The Hall–Kier alpha value is -1.44. The van der Waals surface area contributed by atoms with Crippen LogP contribution >= 0.6 is 0 Å². The molecule has 22 heavy (non-hydrogen) atoms. The van der Waals surface area contributed by atoms with Crippen LogP contribution in [0.15, 0.2) is 39.5 Å². The molecule has 0 amide bonds. The molecule has 0 spiro atoms. The minimum atomic E-state index is -0.784. The standard InChI is InChI=1S/C17H19N4.Tl/c1-5-9-12(2)17(3,4)15-19-14(20-16(18)21-15)13-10-7-6-8-11-13;/h1-2,6-8,10-11H,5,9H2,3-4H3,(H2,18,19,20,21);. The van der Waals surface area contributed by atoms with Crippen molar-refractivity contribution in [3.63, 3.8) is 0 Å². The molecule has 0 unspecified atom stereocenters. The summed E-state index contributed by atoms with van der Waals surface area (Å²) in [6.45, 7) is 4.39.